The zero-order chi connectivity index (χ0) is 14.0. The molecule has 1 fully saturated rings. The first-order chi connectivity index (χ1) is 8.94. The normalized spacial score (nSPS) is 28.8. The van der Waals surface area contributed by atoms with Gasteiger partial charge in [-0.15, -0.1) is 0 Å². The van der Waals surface area contributed by atoms with Crippen LogP contribution < -0.4 is 5.73 Å². The van der Waals surface area contributed by atoms with Crippen molar-refractivity contribution in [3.05, 3.63) is 34.9 Å². The van der Waals surface area contributed by atoms with Crippen molar-refractivity contribution in [2.75, 3.05) is 26.8 Å². The lowest BCUT2D eigenvalue weighted by Crippen LogP contribution is -2.46. The minimum Gasteiger partial charge on any atom is -0.379 e. The van der Waals surface area contributed by atoms with Gasteiger partial charge >= 0.3 is 0 Å². The van der Waals surface area contributed by atoms with Crippen molar-refractivity contribution < 1.29 is 4.74 Å². The van der Waals surface area contributed by atoms with E-state index in [1.807, 2.05) is 18.2 Å². The van der Waals surface area contributed by atoms with E-state index in [1.54, 1.807) is 0 Å². The summed E-state index contributed by atoms with van der Waals surface area (Å²) in [4.78, 5) is 2.30. The molecule has 1 aliphatic rings. The second kappa shape index (κ2) is 5.80. The average molecular weight is 283 g/mol. The van der Waals surface area contributed by atoms with E-state index in [0.29, 0.717) is 6.61 Å². The molecule has 19 heavy (non-hydrogen) atoms. The highest BCUT2D eigenvalue weighted by Gasteiger charge is 2.39. The van der Waals surface area contributed by atoms with E-state index >= 15 is 0 Å². The fourth-order valence-corrected chi connectivity index (χ4v) is 2.94. The minimum absolute atomic E-state index is 0.0181. The van der Waals surface area contributed by atoms with Crippen molar-refractivity contribution in [2.45, 2.75) is 25.9 Å². The van der Waals surface area contributed by atoms with Gasteiger partial charge < -0.3 is 10.5 Å². The first-order valence-electron chi connectivity index (χ1n) is 6.72. The van der Waals surface area contributed by atoms with Crippen LogP contribution in [0.2, 0.25) is 5.02 Å². The molecule has 3 atom stereocenters. The first kappa shape index (κ1) is 14.8. The lowest BCUT2D eigenvalue weighted by Gasteiger charge is -2.35. The number of rotatable bonds is 4. The number of nitrogens with zero attached hydrogens (tertiary/aromatic N) is 1. The van der Waals surface area contributed by atoms with Crippen molar-refractivity contribution in [2.24, 2.45) is 11.1 Å². The van der Waals surface area contributed by atoms with E-state index in [-0.39, 0.29) is 17.5 Å². The van der Waals surface area contributed by atoms with Crippen LogP contribution in [0.1, 0.15) is 25.5 Å². The van der Waals surface area contributed by atoms with Gasteiger partial charge in [-0.1, -0.05) is 36.7 Å². The van der Waals surface area contributed by atoms with E-state index < -0.39 is 0 Å². The zero-order valence-corrected chi connectivity index (χ0v) is 12.7. The first-order valence-corrected chi connectivity index (χ1v) is 7.10. The molecule has 0 saturated carbocycles. The van der Waals surface area contributed by atoms with Crippen LogP contribution in [0.4, 0.5) is 0 Å². The summed E-state index contributed by atoms with van der Waals surface area (Å²) in [7, 11) is 2.12. The number of hydrogen-bond donors (Lipinski definition) is 1. The topological polar surface area (TPSA) is 38.5 Å². The number of hydrogen-bond acceptors (Lipinski definition) is 3. The Kier molecular flexibility index (Phi) is 4.51. The predicted octanol–water partition coefficient (Wildman–Crippen LogP) is 2.70. The minimum atomic E-state index is 0.0181. The lowest BCUT2D eigenvalue weighted by molar-refractivity contribution is 0.114. The molecular formula is C15H23ClN2O. The van der Waals surface area contributed by atoms with Crippen molar-refractivity contribution in [1.82, 2.24) is 4.90 Å². The van der Waals surface area contributed by atoms with Crippen LogP contribution in [0, 0.1) is 5.41 Å². The third-order valence-electron chi connectivity index (χ3n) is 4.25. The van der Waals surface area contributed by atoms with Gasteiger partial charge in [0.05, 0.1) is 13.2 Å². The van der Waals surface area contributed by atoms with Crippen LogP contribution in [-0.4, -0.2) is 37.7 Å². The summed E-state index contributed by atoms with van der Waals surface area (Å²) in [5.41, 5.74) is 7.33. The monoisotopic (exact) mass is 282 g/mol. The molecule has 1 heterocycles. The van der Waals surface area contributed by atoms with Gasteiger partial charge in [-0.05, 0) is 25.6 Å². The predicted molar refractivity (Wildman–Crippen MR) is 79.4 cm³/mol. The molecule has 0 spiro atoms. The highest BCUT2D eigenvalue weighted by Crippen LogP contribution is 2.32. The fourth-order valence-electron chi connectivity index (χ4n) is 2.65. The van der Waals surface area contributed by atoms with Crippen LogP contribution >= 0.6 is 11.6 Å². The van der Waals surface area contributed by atoms with Crippen LogP contribution in [-0.2, 0) is 4.74 Å². The number of nitrogens with two attached hydrogens (primary N) is 1. The Morgan fingerprint density at radius 1 is 1.53 bits per heavy atom. The van der Waals surface area contributed by atoms with Crippen molar-refractivity contribution in [3.63, 3.8) is 0 Å². The summed E-state index contributed by atoms with van der Waals surface area (Å²) in [6.45, 7) is 6.66. The molecule has 1 aliphatic heterocycles. The van der Waals surface area contributed by atoms with E-state index in [2.05, 4.69) is 31.9 Å². The molecule has 3 nitrogen and oxygen atoms in total. The third kappa shape index (κ3) is 3.11. The van der Waals surface area contributed by atoms with Crippen molar-refractivity contribution in [1.29, 1.82) is 0 Å². The molecule has 0 radical (unpaired) electrons. The van der Waals surface area contributed by atoms with Crippen LogP contribution in [0.25, 0.3) is 0 Å². The maximum absolute atomic E-state index is 6.27. The summed E-state index contributed by atoms with van der Waals surface area (Å²) in [6.07, 6.45) is 0. The number of halogens is 1. The fraction of sp³-hybridized carbons (Fsp3) is 0.600. The lowest BCUT2D eigenvalue weighted by atomic mass is 9.85. The molecule has 0 aliphatic carbocycles. The van der Waals surface area contributed by atoms with Gasteiger partial charge in [0.15, 0.2) is 0 Å². The van der Waals surface area contributed by atoms with Gasteiger partial charge in [0.2, 0.25) is 0 Å². The number of ether oxygens (including phenoxy) is 1. The standard InChI is InChI=1S/C15H23ClN2O/c1-11(12-6-4-5-7-13(12)16)18(3)9-15(2)10-19-8-14(15)17/h4-7,11,14H,8-10,17H2,1-3H3. The van der Waals surface area contributed by atoms with Gasteiger partial charge in [0.25, 0.3) is 0 Å². The zero-order valence-electron chi connectivity index (χ0n) is 11.9. The molecule has 1 saturated heterocycles. The summed E-state index contributed by atoms with van der Waals surface area (Å²) in [6, 6.07) is 8.37. The Morgan fingerprint density at radius 2 is 2.21 bits per heavy atom. The molecule has 3 unspecified atom stereocenters. The van der Waals surface area contributed by atoms with Gasteiger partial charge in [0, 0.05) is 29.1 Å². The smallest absolute Gasteiger partial charge is 0.0624 e. The Bertz CT molecular complexity index is 440. The molecule has 0 bridgehead atoms. The van der Waals surface area contributed by atoms with E-state index in [0.717, 1.165) is 23.7 Å². The summed E-state index contributed by atoms with van der Waals surface area (Å²) in [5, 5.41) is 0.818. The van der Waals surface area contributed by atoms with E-state index in [4.69, 9.17) is 22.1 Å². The third-order valence-corrected chi connectivity index (χ3v) is 4.60. The van der Waals surface area contributed by atoms with Crippen LogP contribution in [0.5, 0.6) is 0 Å². The molecule has 106 valence electrons. The Labute approximate surface area is 120 Å². The molecule has 1 aromatic rings. The van der Waals surface area contributed by atoms with Crippen LogP contribution in [0.15, 0.2) is 24.3 Å². The SMILES string of the molecule is CC(c1ccccc1Cl)N(C)CC1(C)COCC1N. The van der Waals surface area contributed by atoms with E-state index in [9.17, 15) is 0 Å². The molecule has 2 rings (SSSR count). The van der Waals surface area contributed by atoms with Crippen molar-refractivity contribution in [3.8, 4) is 0 Å². The Hall–Kier alpha value is -0.610. The Morgan fingerprint density at radius 3 is 2.79 bits per heavy atom. The van der Waals surface area contributed by atoms with Gasteiger partial charge in [0.1, 0.15) is 0 Å². The second-order valence-corrected chi connectivity index (χ2v) is 6.30. The average Bonchev–Trinajstić information content (AvgIpc) is 2.69. The molecule has 1 aromatic carbocycles. The van der Waals surface area contributed by atoms with Gasteiger partial charge in [-0.25, -0.2) is 0 Å². The quantitative estimate of drug-likeness (QED) is 0.923. The maximum atomic E-state index is 6.27. The summed E-state index contributed by atoms with van der Waals surface area (Å²) < 4.78 is 5.50. The summed E-state index contributed by atoms with van der Waals surface area (Å²) in [5.74, 6) is 0. The highest BCUT2D eigenvalue weighted by molar-refractivity contribution is 6.31. The second-order valence-electron chi connectivity index (χ2n) is 5.89. The Balaban J connectivity index is 2.08. The van der Waals surface area contributed by atoms with Crippen molar-refractivity contribution >= 4 is 11.6 Å². The molecule has 2 N–H and O–H groups in total. The van der Waals surface area contributed by atoms with Crippen LogP contribution in [0.3, 0.4) is 0 Å². The molecule has 4 heteroatoms. The molecular weight excluding hydrogens is 260 g/mol. The highest BCUT2D eigenvalue weighted by atomic mass is 35.5. The van der Waals surface area contributed by atoms with Gasteiger partial charge in [-0.3, -0.25) is 4.90 Å². The van der Waals surface area contributed by atoms with E-state index in [1.165, 1.54) is 0 Å². The van der Waals surface area contributed by atoms with Gasteiger partial charge in [-0.2, -0.15) is 0 Å². The maximum Gasteiger partial charge on any atom is 0.0624 e. The summed E-state index contributed by atoms with van der Waals surface area (Å²) >= 11 is 6.27. The molecule has 0 amide bonds. The largest absolute Gasteiger partial charge is 0.379 e. The molecule has 0 aromatic heterocycles. The number of benzene rings is 1.